The first-order valence-corrected chi connectivity index (χ1v) is 13.1. The molecule has 0 radical (unpaired) electrons. The molecule has 2 aliphatic rings. The van der Waals surface area contributed by atoms with Crippen molar-refractivity contribution in [3.05, 3.63) is 88.6 Å². The van der Waals surface area contributed by atoms with Crippen LogP contribution in [0.4, 0.5) is 11.5 Å². The van der Waals surface area contributed by atoms with Crippen molar-refractivity contribution in [2.75, 3.05) is 42.9 Å². The lowest BCUT2D eigenvalue weighted by Gasteiger charge is -2.32. The SMILES string of the molecule is Cc1ccc(C(=O)N2CCC(c3ccc(C#N)cc3)CC2)cc1NC(=O)c1ccc(N2CCNC(=O)C2)nc1. The number of nitrogens with zero attached hydrogens (tertiary/aromatic N) is 4. The largest absolute Gasteiger partial charge is 0.353 e. The Balaban J connectivity index is 1.21. The molecule has 0 bridgehead atoms. The molecule has 0 aliphatic carbocycles. The number of rotatable bonds is 5. The summed E-state index contributed by atoms with van der Waals surface area (Å²) in [6.07, 6.45) is 3.22. The van der Waals surface area contributed by atoms with Gasteiger partial charge in [-0.1, -0.05) is 18.2 Å². The second kappa shape index (κ2) is 11.4. The number of nitrogens with one attached hydrogen (secondary N) is 2. The average Bonchev–Trinajstić information content (AvgIpc) is 2.98. The number of aryl methyl sites for hydroxylation is 1. The van der Waals surface area contributed by atoms with Crippen LogP contribution in [0, 0.1) is 18.3 Å². The number of nitriles is 1. The number of carbonyl (C=O) groups is 3. The van der Waals surface area contributed by atoms with Gasteiger partial charge in [-0.05, 0) is 73.2 Å². The predicted octanol–water partition coefficient (Wildman–Crippen LogP) is 3.47. The molecule has 3 amide bonds. The molecule has 2 aliphatic heterocycles. The van der Waals surface area contributed by atoms with Crippen LogP contribution in [0.5, 0.6) is 0 Å². The molecule has 3 heterocycles. The molecule has 2 aromatic carbocycles. The van der Waals surface area contributed by atoms with Crippen molar-refractivity contribution >= 4 is 29.2 Å². The van der Waals surface area contributed by atoms with Crippen LogP contribution in [0.25, 0.3) is 0 Å². The minimum Gasteiger partial charge on any atom is -0.353 e. The van der Waals surface area contributed by atoms with Gasteiger partial charge in [0.15, 0.2) is 0 Å². The van der Waals surface area contributed by atoms with E-state index in [0.717, 1.165) is 18.4 Å². The molecular formula is C30H30N6O3. The Morgan fingerprint density at radius 1 is 1.03 bits per heavy atom. The van der Waals surface area contributed by atoms with E-state index in [9.17, 15) is 14.4 Å². The van der Waals surface area contributed by atoms with Gasteiger partial charge in [0.1, 0.15) is 5.82 Å². The van der Waals surface area contributed by atoms with E-state index in [0.29, 0.717) is 60.3 Å². The summed E-state index contributed by atoms with van der Waals surface area (Å²) in [5.41, 5.74) is 4.20. The molecule has 0 atom stereocenters. The van der Waals surface area contributed by atoms with Crippen molar-refractivity contribution in [3.63, 3.8) is 0 Å². The third-order valence-electron chi connectivity index (χ3n) is 7.40. The lowest BCUT2D eigenvalue weighted by atomic mass is 9.89. The molecule has 5 rings (SSSR count). The Morgan fingerprint density at radius 2 is 1.77 bits per heavy atom. The topological polar surface area (TPSA) is 118 Å². The van der Waals surface area contributed by atoms with Gasteiger partial charge >= 0.3 is 0 Å². The molecule has 3 aromatic rings. The summed E-state index contributed by atoms with van der Waals surface area (Å²) in [6, 6.07) is 18.6. The van der Waals surface area contributed by atoms with Crippen LogP contribution in [0.3, 0.4) is 0 Å². The highest BCUT2D eigenvalue weighted by molar-refractivity contribution is 6.05. The van der Waals surface area contributed by atoms with Crippen LogP contribution in [-0.4, -0.2) is 60.3 Å². The van der Waals surface area contributed by atoms with Crippen LogP contribution in [0.1, 0.15) is 56.2 Å². The number of piperidine rings is 1. The first-order chi connectivity index (χ1) is 18.9. The Kier molecular flexibility index (Phi) is 7.55. The van der Waals surface area contributed by atoms with Crippen molar-refractivity contribution in [2.24, 2.45) is 0 Å². The first-order valence-electron chi connectivity index (χ1n) is 13.1. The molecular weight excluding hydrogens is 492 g/mol. The van der Waals surface area contributed by atoms with Gasteiger partial charge in [0.05, 0.1) is 23.7 Å². The van der Waals surface area contributed by atoms with E-state index in [1.54, 1.807) is 24.3 Å². The van der Waals surface area contributed by atoms with Crippen molar-refractivity contribution in [2.45, 2.75) is 25.7 Å². The van der Waals surface area contributed by atoms with E-state index in [1.165, 1.54) is 11.8 Å². The number of pyridine rings is 1. The monoisotopic (exact) mass is 522 g/mol. The molecule has 2 saturated heterocycles. The molecule has 0 saturated carbocycles. The maximum atomic E-state index is 13.3. The minimum absolute atomic E-state index is 0.0505. The molecule has 1 aromatic heterocycles. The molecule has 39 heavy (non-hydrogen) atoms. The zero-order valence-electron chi connectivity index (χ0n) is 21.8. The summed E-state index contributed by atoms with van der Waals surface area (Å²) < 4.78 is 0. The number of likely N-dealkylation sites (tertiary alicyclic amines) is 1. The normalized spacial score (nSPS) is 15.8. The van der Waals surface area contributed by atoms with Gasteiger partial charge in [-0.25, -0.2) is 4.98 Å². The van der Waals surface area contributed by atoms with E-state index >= 15 is 0 Å². The average molecular weight is 523 g/mol. The molecule has 0 spiro atoms. The summed E-state index contributed by atoms with van der Waals surface area (Å²) in [5.74, 6) is 0.585. The number of anilines is 2. The van der Waals surface area contributed by atoms with Crippen LogP contribution < -0.4 is 15.5 Å². The number of amides is 3. The molecule has 9 heteroatoms. The smallest absolute Gasteiger partial charge is 0.257 e. The Labute approximate surface area is 227 Å². The number of carbonyl (C=O) groups excluding carboxylic acids is 3. The zero-order valence-corrected chi connectivity index (χ0v) is 21.8. The fraction of sp³-hybridized carbons (Fsp3) is 0.300. The Morgan fingerprint density at radius 3 is 2.44 bits per heavy atom. The molecule has 198 valence electrons. The maximum Gasteiger partial charge on any atom is 0.257 e. The summed E-state index contributed by atoms with van der Waals surface area (Å²) in [5, 5.41) is 14.7. The van der Waals surface area contributed by atoms with Gasteiger partial charge < -0.3 is 20.4 Å². The fourth-order valence-electron chi connectivity index (χ4n) is 5.05. The predicted molar refractivity (Wildman–Crippen MR) is 148 cm³/mol. The molecule has 9 nitrogen and oxygen atoms in total. The molecule has 2 fully saturated rings. The van der Waals surface area contributed by atoms with Crippen LogP contribution in [0.2, 0.25) is 0 Å². The van der Waals surface area contributed by atoms with Gasteiger partial charge in [0, 0.05) is 43.6 Å². The first kappa shape index (κ1) is 25.9. The van der Waals surface area contributed by atoms with Crippen LogP contribution >= 0.6 is 0 Å². The van der Waals surface area contributed by atoms with Gasteiger partial charge in [0.2, 0.25) is 5.91 Å². The van der Waals surface area contributed by atoms with E-state index in [1.807, 2.05) is 47.1 Å². The standard InChI is InChI=1S/C30H30N6O3/c1-20-2-5-24(30(39)35-13-10-23(11-14-35)22-6-3-21(17-31)4-7-22)16-26(20)34-29(38)25-8-9-27(33-18-25)36-15-12-32-28(37)19-36/h2-9,16,18,23H,10-15,19H2,1H3,(H,32,37)(H,34,38). The third kappa shape index (κ3) is 5.91. The van der Waals surface area contributed by atoms with Gasteiger partial charge in [-0.2, -0.15) is 5.26 Å². The van der Waals surface area contributed by atoms with E-state index < -0.39 is 0 Å². The lowest BCUT2D eigenvalue weighted by Crippen LogP contribution is -2.48. The molecule has 2 N–H and O–H groups in total. The number of benzene rings is 2. The van der Waals surface area contributed by atoms with Gasteiger partial charge in [-0.15, -0.1) is 0 Å². The van der Waals surface area contributed by atoms with Gasteiger partial charge in [0.25, 0.3) is 11.8 Å². The summed E-state index contributed by atoms with van der Waals surface area (Å²) >= 11 is 0. The number of piperazine rings is 1. The van der Waals surface area contributed by atoms with Crippen molar-refractivity contribution in [1.82, 2.24) is 15.2 Å². The van der Waals surface area contributed by atoms with E-state index in [2.05, 4.69) is 21.7 Å². The quantitative estimate of drug-likeness (QED) is 0.530. The minimum atomic E-state index is -0.318. The Bertz CT molecular complexity index is 1420. The van der Waals surface area contributed by atoms with E-state index in [-0.39, 0.29) is 24.3 Å². The fourth-order valence-corrected chi connectivity index (χ4v) is 5.05. The van der Waals surface area contributed by atoms with Crippen LogP contribution in [-0.2, 0) is 4.79 Å². The lowest BCUT2D eigenvalue weighted by molar-refractivity contribution is -0.120. The van der Waals surface area contributed by atoms with Crippen molar-refractivity contribution in [1.29, 1.82) is 5.26 Å². The second-order valence-electron chi connectivity index (χ2n) is 9.96. The van der Waals surface area contributed by atoms with Crippen molar-refractivity contribution < 1.29 is 14.4 Å². The highest BCUT2D eigenvalue weighted by atomic mass is 16.2. The van der Waals surface area contributed by atoms with Gasteiger partial charge in [-0.3, -0.25) is 14.4 Å². The zero-order chi connectivity index (χ0) is 27.4. The Hall–Kier alpha value is -4.71. The maximum absolute atomic E-state index is 13.3. The summed E-state index contributed by atoms with van der Waals surface area (Å²) in [4.78, 5) is 46.0. The summed E-state index contributed by atoms with van der Waals surface area (Å²) in [7, 11) is 0. The highest BCUT2D eigenvalue weighted by Gasteiger charge is 2.25. The third-order valence-corrected chi connectivity index (χ3v) is 7.40. The second-order valence-corrected chi connectivity index (χ2v) is 9.96. The molecule has 0 unspecified atom stereocenters. The number of hydrogen-bond donors (Lipinski definition) is 2. The number of aromatic nitrogens is 1. The highest BCUT2D eigenvalue weighted by Crippen LogP contribution is 2.29. The van der Waals surface area contributed by atoms with Crippen LogP contribution in [0.15, 0.2) is 60.8 Å². The van der Waals surface area contributed by atoms with E-state index in [4.69, 9.17) is 5.26 Å². The van der Waals surface area contributed by atoms with Crippen molar-refractivity contribution in [3.8, 4) is 6.07 Å². The summed E-state index contributed by atoms with van der Waals surface area (Å²) in [6.45, 7) is 4.65. The number of hydrogen-bond acceptors (Lipinski definition) is 6.